The number of hydrogen-bond donors (Lipinski definition) is 1. The molecular formula is C27H28FN3O2. The summed E-state index contributed by atoms with van der Waals surface area (Å²) in [4.78, 5) is 26.3. The number of nitrogens with zero attached hydrogens (tertiary/aromatic N) is 2. The maximum atomic E-state index is 14.0. The molecule has 3 amide bonds. The molecular weight excluding hydrogens is 417 g/mol. The molecule has 2 heterocycles. The van der Waals surface area contributed by atoms with Crippen LogP contribution in [0.2, 0.25) is 0 Å². The summed E-state index contributed by atoms with van der Waals surface area (Å²) in [5.41, 5.74) is 5.64. The number of benzene rings is 2. The van der Waals surface area contributed by atoms with E-state index < -0.39 is 17.8 Å². The SMILES string of the molecule is Cc1cc(/C=C2/NC(=O)N(Cc3ccccc3F)C2=O)c(C)n1-c1ccc(C(C)(C)C)cc1. The lowest BCUT2D eigenvalue weighted by molar-refractivity contribution is -0.123. The van der Waals surface area contributed by atoms with E-state index >= 15 is 0 Å². The number of carbonyl (C=O) groups excluding carboxylic acids is 2. The molecule has 3 aromatic rings. The van der Waals surface area contributed by atoms with Crippen LogP contribution in [0.1, 0.15) is 48.8 Å². The molecule has 1 N–H and O–H groups in total. The van der Waals surface area contributed by atoms with Crippen molar-refractivity contribution in [1.82, 2.24) is 14.8 Å². The standard InChI is InChI=1S/C27H28FN3O2/c1-17-14-20(18(2)31(17)22-12-10-21(11-13-22)27(3,4)5)15-24-25(32)30(26(33)29-24)16-19-8-6-7-9-23(19)28/h6-15H,16H2,1-5H3,(H,29,33)/b24-15+. The van der Waals surface area contributed by atoms with Gasteiger partial charge in [0.25, 0.3) is 5.91 Å². The van der Waals surface area contributed by atoms with Gasteiger partial charge < -0.3 is 9.88 Å². The topological polar surface area (TPSA) is 54.3 Å². The average molecular weight is 446 g/mol. The molecule has 0 unspecified atom stereocenters. The number of aromatic nitrogens is 1. The van der Waals surface area contributed by atoms with Crippen molar-refractivity contribution in [3.63, 3.8) is 0 Å². The zero-order chi connectivity index (χ0) is 23.9. The zero-order valence-corrected chi connectivity index (χ0v) is 19.6. The number of nitrogens with one attached hydrogen (secondary N) is 1. The van der Waals surface area contributed by atoms with E-state index in [1.165, 1.54) is 11.6 Å². The van der Waals surface area contributed by atoms with Gasteiger partial charge >= 0.3 is 6.03 Å². The molecule has 0 saturated carbocycles. The van der Waals surface area contributed by atoms with Gasteiger partial charge in [-0.25, -0.2) is 9.18 Å². The maximum absolute atomic E-state index is 14.0. The smallest absolute Gasteiger partial charge is 0.318 e. The fourth-order valence-electron chi connectivity index (χ4n) is 4.11. The van der Waals surface area contributed by atoms with Crippen molar-refractivity contribution in [2.24, 2.45) is 0 Å². The molecule has 1 aliphatic rings. The van der Waals surface area contributed by atoms with Crippen molar-refractivity contribution in [1.29, 1.82) is 0 Å². The molecule has 0 radical (unpaired) electrons. The van der Waals surface area contributed by atoms with Gasteiger partial charge in [-0.2, -0.15) is 0 Å². The van der Waals surface area contributed by atoms with E-state index in [2.05, 4.69) is 54.9 Å². The van der Waals surface area contributed by atoms with Crippen LogP contribution >= 0.6 is 0 Å². The van der Waals surface area contributed by atoms with Gasteiger partial charge in [-0.3, -0.25) is 9.69 Å². The van der Waals surface area contributed by atoms with Crippen LogP contribution in [0, 0.1) is 19.7 Å². The number of amides is 3. The van der Waals surface area contributed by atoms with Gasteiger partial charge in [-0.1, -0.05) is 51.1 Å². The highest BCUT2D eigenvalue weighted by Gasteiger charge is 2.34. The largest absolute Gasteiger partial charge is 0.329 e. The van der Waals surface area contributed by atoms with Crippen LogP contribution < -0.4 is 5.32 Å². The van der Waals surface area contributed by atoms with E-state index in [1.807, 2.05) is 19.9 Å². The second-order valence-electron chi connectivity index (χ2n) is 9.43. The first-order valence-electron chi connectivity index (χ1n) is 10.9. The van der Waals surface area contributed by atoms with Crippen molar-refractivity contribution in [2.75, 3.05) is 0 Å². The Morgan fingerprint density at radius 1 is 1.00 bits per heavy atom. The number of carbonyl (C=O) groups is 2. The Labute approximate surface area is 193 Å². The summed E-state index contributed by atoms with van der Waals surface area (Å²) in [6.07, 6.45) is 1.68. The summed E-state index contributed by atoms with van der Waals surface area (Å²) >= 11 is 0. The number of halogens is 1. The van der Waals surface area contributed by atoms with Gasteiger partial charge in [0.05, 0.1) is 6.54 Å². The van der Waals surface area contributed by atoms with Crippen LogP contribution in [0.3, 0.4) is 0 Å². The van der Waals surface area contributed by atoms with E-state index in [0.29, 0.717) is 5.56 Å². The summed E-state index contributed by atoms with van der Waals surface area (Å²) < 4.78 is 16.1. The van der Waals surface area contributed by atoms with Crippen LogP contribution in [-0.2, 0) is 16.8 Å². The third-order valence-corrected chi connectivity index (χ3v) is 6.01. The van der Waals surface area contributed by atoms with Gasteiger partial charge in [0, 0.05) is 22.6 Å². The van der Waals surface area contributed by atoms with E-state index in [0.717, 1.165) is 27.5 Å². The lowest BCUT2D eigenvalue weighted by Crippen LogP contribution is -2.30. The molecule has 1 aromatic heterocycles. The Morgan fingerprint density at radius 3 is 2.30 bits per heavy atom. The molecule has 0 bridgehead atoms. The molecule has 1 fully saturated rings. The summed E-state index contributed by atoms with van der Waals surface area (Å²) in [6.45, 7) is 10.4. The first-order chi connectivity index (χ1) is 15.6. The highest BCUT2D eigenvalue weighted by molar-refractivity contribution is 6.14. The normalized spacial score (nSPS) is 15.5. The van der Waals surface area contributed by atoms with E-state index in [9.17, 15) is 14.0 Å². The number of urea groups is 1. The number of hydrogen-bond acceptors (Lipinski definition) is 2. The van der Waals surface area contributed by atoms with Crippen LogP contribution in [0.25, 0.3) is 11.8 Å². The minimum Gasteiger partial charge on any atom is -0.318 e. The Bertz CT molecular complexity index is 1260. The molecule has 170 valence electrons. The minimum absolute atomic E-state index is 0.0739. The number of aryl methyl sites for hydroxylation is 1. The van der Waals surface area contributed by atoms with Gasteiger partial charge in [0.15, 0.2) is 0 Å². The minimum atomic E-state index is -0.555. The molecule has 1 saturated heterocycles. The Hall–Kier alpha value is -3.67. The molecule has 33 heavy (non-hydrogen) atoms. The second kappa shape index (κ2) is 8.35. The Morgan fingerprint density at radius 2 is 1.67 bits per heavy atom. The zero-order valence-electron chi connectivity index (χ0n) is 19.6. The lowest BCUT2D eigenvalue weighted by atomic mass is 9.87. The molecule has 0 aliphatic carbocycles. The molecule has 0 atom stereocenters. The van der Waals surface area contributed by atoms with Crippen molar-refractivity contribution in [2.45, 2.75) is 46.6 Å². The third kappa shape index (κ3) is 4.33. The summed E-state index contributed by atoms with van der Waals surface area (Å²) in [5, 5.41) is 2.63. The van der Waals surface area contributed by atoms with Crippen LogP contribution in [-0.4, -0.2) is 21.4 Å². The van der Waals surface area contributed by atoms with Gasteiger partial charge in [-0.05, 0) is 60.7 Å². The van der Waals surface area contributed by atoms with Crippen LogP contribution in [0.15, 0.2) is 60.3 Å². The second-order valence-corrected chi connectivity index (χ2v) is 9.43. The molecule has 2 aromatic carbocycles. The quantitative estimate of drug-likeness (QED) is 0.418. The van der Waals surface area contributed by atoms with Crippen molar-refractivity contribution in [3.05, 3.63) is 94.2 Å². The third-order valence-electron chi connectivity index (χ3n) is 6.01. The Kier molecular flexibility index (Phi) is 5.70. The first-order valence-corrected chi connectivity index (χ1v) is 10.9. The molecule has 5 nitrogen and oxygen atoms in total. The van der Waals surface area contributed by atoms with E-state index in [1.54, 1.807) is 24.3 Å². The highest BCUT2D eigenvalue weighted by Crippen LogP contribution is 2.27. The molecule has 0 spiro atoms. The number of imide groups is 1. The predicted molar refractivity (Wildman–Crippen MR) is 127 cm³/mol. The average Bonchev–Trinajstić information content (AvgIpc) is 3.18. The van der Waals surface area contributed by atoms with Crippen molar-refractivity contribution >= 4 is 18.0 Å². The van der Waals surface area contributed by atoms with Crippen molar-refractivity contribution < 1.29 is 14.0 Å². The van der Waals surface area contributed by atoms with Gasteiger partial charge in [0.1, 0.15) is 11.5 Å². The molecule has 4 rings (SSSR count). The molecule has 6 heteroatoms. The monoisotopic (exact) mass is 445 g/mol. The van der Waals surface area contributed by atoms with Crippen molar-refractivity contribution in [3.8, 4) is 5.69 Å². The summed E-state index contributed by atoms with van der Waals surface area (Å²) in [6, 6.07) is 16.0. The summed E-state index contributed by atoms with van der Waals surface area (Å²) in [7, 11) is 0. The lowest BCUT2D eigenvalue weighted by Gasteiger charge is -2.20. The fourth-order valence-corrected chi connectivity index (χ4v) is 4.11. The maximum Gasteiger partial charge on any atom is 0.329 e. The first kappa shape index (κ1) is 22.5. The predicted octanol–water partition coefficient (Wildman–Crippen LogP) is 5.62. The number of rotatable bonds is 4. The van der Waals surface area contributed by atoms with E-state index in [-0.39, 0.29) is 17.7 Å². The highest BCUT2D eigenvalue weighted by atomic mass is 19.1. The fraction of sp³-hybridized carbons (Fsp3) is 0.259. The van der Waals surface area contributed by atoms with Crippen LogP contribution in [0.5, 0.6) is 0 Å². The Balaban J connectivity index is 1.62. The van der Waals surface area contributed by atoms with E-state index in [4.69, 9.17) is 0 Å². The van der Waals surface area contributed by atoms with Crippen LogP contribution in [0.4, 0.5) is 9.18 Å². The van der Waals surface area contributed by atoms with Gasteiger partial charge in [-0.15, -0.1) is 0 Å². The van der Waals surface area contributed by atoms with Gasteiger partial charge in [0.2, 0.25) is 0 Å². The molecule has 1 aliphatic heterocycles. The summed E-state index contributed by atoms with van der Waals surface area (Å²) in [5.74, 6) is -0.917.